The Bertz CT molecular complexity index is 490. The molecule has 0 bridgehead atoms. The highest BCUT2D eigenvalue weighted by molar-refractivity contribution is 7.09. The molecule has 1 aromatic heterocycles. The number of aromatic nitrogens is 2. The monoisotopic (exact) mass is 279 g/mol. The lowest BCUT2D eigenvalue weighted by Crippen LogP contribution is -2.18. The Balaban J connectivity index is 1.85. The quantitative estimate of drug-likeness (QED) is 0.811. The summed E-state index contributed by atoms with van der Waals surface area (Å²) in [4.78, 5) is 4.41. The number of ether oxygens (including phenoxy) is 1. The Morgan fingerprint density at radius 1 is 1.37 bits per heavy atom. The minimum absolute atomic E-state index is 0.354. The van der Waals surface area contributed by atoms with Crippen molar-refractivity contribution in [2.24, 2.45) is 0 Å². The SMILES string of the molecule is COCC(O)CCNc1nc(-c2ccccc2)ns1. The van der Waals surface area contributed by atoms with E-state index in [1.165, 1.54) is 11.5 Å². The first-order valence-electron chi connectivity index (χ1n) is 6.09. The van der Waals surface area contributed by atoms with Gasteiger partial charge in [0, 0.05) is 30.8 Å². The van der Waals surface area contributed by atoms with Gasteiger partial charge in [-0.2, -0.15) is 9.36 Å². The van der Waals surface area contributed by atoms with E-state index < -0.39 is 6.10 Å². The minimum Gasteiger partial charge on any atom is -0.391 e. The molecule has 0 aliphatic heterocycles. The van der Waals surface area contributed by atoms with Crippen LogP contribution in [0.4, 0.5) is 5.13 Å². The highest BCUT2D eigenvalue weighted by Crippen LogP contribution is 2.20. The van der Waals surface area contributed by atoms with Gasteiger partial charge in [-0.25, -0.2) is 0 Å². The van der Waals surface area contributed by atoms with Crippen LogP contribution in [-0.4, -0.2) is 40.8 Å². The van der Waals surface area contributed by atoms with E-state index in [4.69, 9.17) is 4.74 Å². The number of methoxy groups -OCH3 is 1. The van der Waals surface area contributed by atoms with Crippen molar-refractivity contribution in [1.29, 1.82) is 0 Å². The molecule has 19 heavy (non-hydrogen) atoms. The molecule has 1 atom stereocenters. The van der Waals surface area contributed by atoms with Gasteiger partial charge in [0.05, 0.1) is 12.7 Å². The van der Waals surface area contributed by atoms with E-state index in [2.05, 4.69) is 14.7 Å². The average molecular weight is 279 g/mol. The first-order chi connectivity index (χ1) is 9.29. The number of benzene rings is 1. The normalized spacial score (nSPS) is 12.3. The van der Waals surface area contributed by atoms with Crippen molar-refractivity contribution in [2.45, 2.75) is 12.5 Å². The van der Waals surface area contributed by atoms with Crippen LogP contribution in [0, 0.1) is 0 Å². The summed E-state index contributed by atoms with van der Waals surface area (Å²) in [5.41, 5.74) is 1.01. The molecule has 0 spiro atoms. The van der Waals surface area contributed by atoms with Gasteiger partial charge in [0.2, 0.25) is 5.13 Å². The van der Waals surface area contributed by atoms with Crippen LogP contribution in [0.25, 0.3) is 11.4 Å². The van der Waals surface area contributed by atoms with Crippen LogP contribution in [0.3, 0.4) is 0 Å². The van der Waals surface area contributed by atoms with Gasteiger partial charge in [0.25, 0.3) is 0 Å². The Kier molecular flexibility index (Phi) is 5.26. The number of rotatable bonds is 7. The van der Waals surface area contributed by atoms with E-state index in [1.54, 1.807) is 7.11 Å². The number of anilines is 1. The molecule has 102 valence electrons. The van der Waals surface area contributed by atoms with Crippen molar-refractivity contribution in [2.75, 3.05) is 25.6 Å². The Morgan fingerprint density at radius 2 is 2.16 bits per heavy atom. The predicted octanol–water partition coefficient (Wildman–Crippen LogP) is 2.01. The van der Waals surface area contributed by atoms with E-state index in [9.17, 15) is 5.11 Å². The molecule has 0 aliphatic carbocycles. The zero-order valence-electron chi connectivity index (χ0n) is 10.7. The molecule has 1 heterocycles. The Hall–Kier alpha value is -1.50. The second-order valence-electron chi connectivity index (χ2n) is 4.11. The molecular weight excluding hydrogens is 262 g/mol. The van der Waals surface area contributed by atoms with Crippen molar-refractivity contribution in [3.8, 4) is 11.4 Å². The van der Waals surface area contributed by atoms with E-state index in [-0.39, 0.29) is 0 Å². The minimum atomic E-state index is -0.445. The van der Waals surface area contributed by atoms with Crippen molar-refractivity contribution >= 4 is 16.7 Å². The molecule has 0 aliphatic rings. The fourth-order valence-electron chi connectivity index (χ4n) is 1.62. The van der Waals surface area contributed by atoms with Gasteiger partial charge >= 0.3 is 0 Å². The van der Waals surface area contributed by atoms with Gasteiger partial charge < -0.3 is 15.2 Å². The molecule has 2 N–H and O–H groups in total. The zero-order valence-corrected chi connectivity index (χ0v) is 11.6. The number of aliphatic hydroxyl groups excluding tert-OH is 1. The summed E-state index contributed by atoms with van der Waals surface area (Å²) in [7, 11) is 1.58. The summed E-state index contributed by atoms with van der Waals surface area (Å²) >= 11 is 1.32. The first kappa shape index (κ1) is 13.9. The van der Waals surface area contributed by atoms with E-state index >= 15 is 0 Å². The fourth-order valence-corrected chi connectivity index (χ4v) is 2.23. The van der Waals surface area contributed by atoms with Crippen LogP contribution < -0.4 is 5.32 Å². The molecule has 0 saturated carbocycles. The summed E-state index contributed by atoms with van der Waals surface area (Å²) < 4.78 is 9.17. The lowest BCUT2D eigenvalue weighted by atomic mass is 10.2. The van der Waals surface area contributed by atoms with Crippen LogP contribution in [0.15, 0.2) is 30.3 Å². The van der Waals surface area contributed by atoms with Crippen molar-refractivity contribution < 1.29 is 9.84 Å². The smallest absolute Gasteiger partial charge is 0.202 e. The number of hydrogen-bond acceptors (Lipinski definition) is 6. The number of hydrogen-bond donors (Lipinski definition) is 2. The predicted molar refractivity (Wildman–Crippen MR) is 76.3 cm³/mol. The average Bonchev–Trinajstić information content (AvgIpc) is 2.89. The van der Waals surface area contributed by atoms with Crippen molar-refractivity contribution in [3.05, 3.63) is 30.3 Å². The molecule has 2 aromatic rings. The molecule has 6 heteroatoms. The van der Waals surface area contributed by atoms with Gasteiger partial charge in [-0.05, 0) is 6.42 Å². The largest absolute Gasteiger partial charge is 0.391 e. The Morgan fingerprint density at radius 3 is 2.89 bits per heavy atom. The maximum atomic E-state index is 9.51. The Labute approximate surface area is 116 Å². The standard InChI is InChI=1S/C13H17N3O2S/c1-18-9-11(17)7-8-14-13-15-12(16-19-13)10-5-3-2-4-6-10/h2-6,11,17H,7-9H2,1H3,(H,14,15,16). The van der Waals surface area contributed by atoms with Crippen LogP contribution in [-0.2, 0) is 4.74 Å². The summed E-state index contributed by atoms with van der Waals surface area (Å²) in [5.74, 6) is 0.727. The summed E-state index contributed by atoms with van der Waals surface area (Å²) in [5, 5.41) is 13.4. The highest BCUT2D eigenvalue weighted by atomic mass is 32.1. The summed E-state index contributed by atoms with van der Waals surface area (Å²) in [6.07, 6.45) is 0.174. The topological polar surface area (TPSA) is 67.3 Å². The third-order valence-electron chi connectivity index (χ3n) is 2.57. The third-order valence-corrected chi connectivity index (χ3v) is 3.24. The molecule has 1 unspecified atom stereocenters. The van der Waals surface area contributed by atoms with E-state index in [0.717, 1.165) is 16.5 Å². The first-order valence-corrected chi connectivity index (χ1v) is 6.87. The lowest BCUT2D eigenvalue weighted by molar-refractivity contribution is 0.0615. The number of nitrogens with one attached hydrogen (secondary N) is 1. The second-order valence-corrected chi connectivity index (χ2v) is 4.87. The molecule has 0 fully saturated rings. The summed E-state index contributed by atoms with van der Waals surface area (Å²) in [6, 6.07) is 9.85. The molecule has 1 aromatic carbocycles. The van der Waals surface area contributed by atoms with Crippen LogP contribution in [0.2, 0.25) is 0 Å². The van der Waals surface area contributed by atoms with Crippen LogP contribution in [0.1, 0.15) is 6.42 Å². The maximum Gasteiger partial charge on any atom is 0.202 e. The van der Waals surface area contributed by atoms with E-state index in [0.29, 0.717) is 19.6 Å². The third kappa shape index (κ3) is 4.27. The van der Waals surface area contributed by atoms with Crippen molar-refractivity contribution in [3.63, 3.8) is 0 Å². The number of aliphatic hydroxyl groups is 1. The van der Waals surface area contributed by atoms with Gasteiger partial charge in [0.1, 0.15) is 0 Å². The zero-order chi connectivity index (χ0) is 13.5. The molecule has 0 saturated heterocycles. The van der Waals surface area contributed by atoms with Gasteiger partial charge in [-0.3, -0.25) is 0 Å². The fraction of sp³-hybridized carbons (Fsp3) is 0.385. The van der Waals surface area contributed by atoms with Gasteiger partial charge in [0.15, 0.2) is 5.82 Å². The van der Waals surface area contributed by atoms with Crippen LogP contribution in [0.5, 0.6) is 0 Å². The second kappa shape index (κ2) is 7.18. The van der Waals surface area contributed by atoms with E-state index in [1.807, 2.05) is 30.3 Å². The maximum absolute atomic E-state index is 9.51. The number of nitrogens with zero attached hydrogens (tertiary/aromatic N) is 2. The molecule has 2 rings (SSSR count). The summed E-state index contributed by atoms with van der Waals surface area (Å²) in [6.45, 7) is 1.00. The van der Waals surface area contributed by atoms with Gasteiger partial charge in [-0.15, -0.1) is 0 Å². The molecule has 0 radical (unpaired) electrons. The highest BCUT2D eigenvalue weighted by Gasteiger charge is 2.07. The van der Waals surface area contributed by atoms with Gasteiger partial charge in [-0.1, -0.05) is 30.3 Å². The van der Waals surface area contributed by atoms with Crippen molar-refractivity contribution in [1.82, 2.24) is 9.36 Å². The molecule has 0 amide bonds. The lowest BCUT2D eigenvalue weighted by Gasteiger charge is -2.08. The van der Waals surface area contributed by atoms with Crippen LogP contribution >= 0.6 is 11.5 Å². The molecule has 5 nitrogen and oxygen atoms in total. The molecular formula is C13H17N3O2S.